The first-order valence-electron chi connectivity index (χ1n) is 10.4. The van der Waals surface area contributed by atoms with E-state index in [1.54, 1.807) is 7.11 Å². The molecule has 1 atom stereocenters. The van der Waals surface area contributed by atoms with E-state index in [0.29, 0.717) is 25.3 Å². The molecule has 30 heavy (non-hydrogen) atoms. The first-order valence-corrected chi connectivity index (χ1v) is 10.4. The normalized spacial score (nSPS) is 16.2. The van der Waals surface area contributed by atoms with Crippen molar-refractivity contribution in [2.24, 2.45) is 0 Å². The van der Waals surface area contributed by atoms with Crippen LogP contribution in [0.3, 0.4) is 0 Å². The molecule has 158 valence electrons. The quantitative estimate of drug-likeness (QED) is 0.649. The molecule has 1 N–H and O–H groups in total. The monoisotopic (exact) mass is 408 g/mol. The second-order valence-electron chi connectivity index (χ2n) is 7.70. The number of aryl methyl sites for hydroxylation is 2. The number of hydrogen-bond donors (Lipinski definition) is 1. The van der Waals surface area contributed by atoms with Gasteiger partial charge in [0.25, 0.3) is 0 Å². The number of amides is 1. The van der Waals surface area contributed by atoms with Gasteiger partial charge in [0.2, 0.25) is 11.8 Å². The number of aromatic nitrogens is 3. The molecule has 1 amide bonds. The maximum Gasteiger partial charge on any atom is 0.220 e. The minimum atomic E-state index is 0.0174. The van der Waals surface area contributed by atoms with Crippen LogP contribution in [0.15, 0.2) is 30.3 Å². The van der Waals surface area contributed by atoms with E-state index < -0.39 is 0 Å². The lowest BCUT2D eigenvalue weighted by Gasteiger charge is -2.14. The molecule has 1 saturated heterocycles. The van der Waals surface area contributed by atoms with Crippen LogP contribution in [0.2, 0.25) is 0 Å². The number of carbonyl (C=O) groups excluding carboxylic acids is 1. The Morgan fingerprint density at radius 1 is 1.30 bits per heavy atom. The summed E-state index contributed by atoms with van der Waals surface area (Å²) in [5.41, 5.74) is 4.63. The van der Waals surface area contributed by atoms with E-state index >= 15 is 0 Å². The molecule has 1 aromatic carbocycles. The third-order valence-corrected chi connectivity index (χ3v) is 5.68. The summed E-state index contributed by atoms with van der Waals surface area (Å²) < 4.78 is 13.0. The molecule has 2 aromatic heterocycles. The average molecular weight is 409 g/mol. The molecule has 7 heteroatoms. The van der Waals surface area contributed by atoms with Gasteiger partial charge in [-0.1, -0.05) is 18.2 Å². The Labute approximate surface area is 176 Å². The fourth-order valence-electron chi connectivity index (χ4n) is 4.10. The molecule has 0 bridgehead atoms. The lowest BCUT2D eigenvalue weighted by atomic mass is 10.0. The van der Waals surface area contributed by atoms with E-state index in [9.17, 15) is 4.79 Å². The first kappa shape index (κ1) is 20.3. The second kappa shape index (κ2) is 8.83. The predicted octanol–water partition coefficient (Wildman–Crippen LogP) is 3.27. The number of pyridine rings is 1. The van der Waals surface area contributed by atoms with Gasteiger partial charge in [-0.3, -0.25) is 4.79 Å². The molecule has 0 aliphatic carbocycles. The molecular weight excluding hydrogens is 380 g/mol. The Bertz CT molecular complexity index is 1040. The number of ether oxygens (including phenoxy) is 2. The maximum atomic E-state index is 12.4. The number of nitrogens with zero attached hydrogens (tertiary/aromatic N) is 3. The van der Waals surface area contributed by atoms with Gasteiger partial charge < -0.3 is 14.8 Å². The van der Waals surface area contributed by atoms with Crippen LogP contribution < -0.4 is 10.1 Å². The van der Waals surface area contributed by atoms with E-state index in [0.717, 1.165) is 53.0 Å². The lowest BCUT2D eigenvalue weighted by Crippen LogP contribution is -2.31. The molecule has 3 aromatic rings. The highest BCUT2D eigenvalue weighted by Gasteiger charge is 2.21. The van der Waals surface area contributed by atoms with Gasteiger partial charge in [0, 0.05) is 30.5 Å². The topological polar surface area (TPSA) is 78.3 Å². The zero-order valence-corrected chi connectivity index (χ0v) is 17.8. The Kier molecular flexibility index (Phi) is 5.99. The zero-order valence-electron chi connectivity index (χ0n) is 17.8. The maximum absolute atomic E-state index is 12.4. The molecule has 0 radical (unpaired) electrons. The van der Waals surface area contributed by atoms with E-state index in [1.165, 1.54) is 0 Å². The minimum Gasteiger partial charge on any atom is -0.481 e. The fourth-order valence-corrected chi connectivity index (χ4v) is 4.10. The van der Waals surface area contributed by atoms with Crippen molar-refractivity contribution in [2.45, 2.75) is 45.6 Å². The van der Waals surface area contributed by atoms with Crippen molar-refractivity contribution >= 4 is 16.9 Å². The van der Waals surface area contributed by atoms with Crippen LogP contribution in [-0.4, -0.2) is 47.0 Å². The lowest BCUT2D eigenvalue weighted by molar-refractivity contribution is -0.121. The van der Waals surface area contributed by atoms with Crippen molar-refractivity contribution in [2.75, 3.05) is 20.3 Å². The summed E-state index contributed by atoms with van der Waals surface area (Å²) in [5.74, 6) is 0.563. The average Bonchev–Trinajstić information content (AvgIpc) is 3.40. The van der Waals surface area contributed by atoms with E-state index in [2.05, 4.69) is 12.2 Å². The van der Waals surface area contributed by atoms with Gasteiger partial charge in [-0.2, -0.15) is 10.1 Å². The van der Waals surface area contributed by atoms with Crippen molar-refractivity contribution in [3.63, 3.8) is 0 Å². The summed E-state index contributed by atoms with van der Waals surface area (Å²) in [7, 11) is 1.62. The first-order chi connectivity index (χ1) is 14.6. The summed E-state index contributed by atoms with van der Waals surface area (Å²) in [6.07, 6.45) is 3.17. The van der Waals surface area contributed by atoms with E-state index in [-0.39, 0.29) is 12.0 Å². The number of hydrogen-bond acceptors (Lipinski definition) is 5. The largest absolute Gasteiger partial charge is 0.481 e. The summed E-state index contributed by atoms with van der Waals surface area (Å²) in [6.45, 7) is 5.41. The third kappa shape index (κ3) is 4.03. The van der Waals surface area contributed by atoms with Crippen LogP contribution in [-0.2, 0) is 16.0 Å². The molecule has 0 spiro atoms. The third-order valence-electron chi connectivity index (χ3n) is 5.68. The standard InChI is InChI=1S/C23H28N4O3/c1-15-19(11-12-20(28)24-14-18-10-7-13-30-18)23(29-3)25-22-21(15)16(2)26-27(22)17-8-5-4-6-9-17/h4-6,8-9,18H,7,10-14H2,1-3H3,(H,24,28)/t18-/m0/s1. The second-order valence-corrected chi connectivity index (χ2v) is 7.70. The molecule has 0 unspecified atom stereocenters. The van der Waals surface area contributed by atoms with Crippen LogP contribution >= 0.6 is 0 Å². The number of para-hydroxylation sites is 1. The summed E-state index contributed by atoms with van der Waals surface area (Å²) in [5, 5.41) is 8.70. The number of carbonyl (C=O) groups is 1. The summed E-state index contributed by atoms with van der Waals surface area (Å²) in [6, 6.07) is 9.93. The van der Waals surface area contributed by atoms with Crippen molar-refractivity contribution in [1.29, 1.82) is 0 Å². The number of nitrogens with one attached hydrogen (secondary N) is 1. The minimum absolute atomic E-state index is 0.0174. The van der Waals surface area contributed by atoms with Gasteiger partial charge >= 0.3 is 0 Å². The predicted molar refractivity (Wildman–Crippen MR) is 115 cm³/mol. The number of fused-ring (bicyclic) bond motifs is 1. The van der Waals surface area contributed by atoms with Crippen LogP contribution in [0.4, 0.5) is 0 Å². The van der Waals surface area contributed by atoms with Crippen molar-refractivity contribution < 1.29 is 14.3 Å². The number of methoxy groups -OCH3 is 1. The highest BCUT2D eigenvalue weighted by atomic mass is 16.5. The van der Waals surface area contributed by atoms with E-state index in [4.69, 9.17) is 19.6 Å². The molecule has 4 rings (SSSR count). The molecule has 1 fully saturated rings. The summed E-state index contributed by atoms with van der Waals surface area (Å²) >= 11 is 0. The van der Waals surface area contributed by atoms with Crippen LogP contribution in [0, 0.1) is 13.8 Å². The fraction of sp³-hybridized carbons (Fsp3) is 0.435. The summed E-state index contributed by atoms with van der Waals surface area (Å²) in [4.78, 5) is 17.1. The van der Waals surface area contributed by atoms with Gasteiger partial charge in [-0.25, -0.2) is 4.68 Å². The molecular formula is C23H28N4O3. The van der Waals surface area contributed by atoms with Crippen molar-refractivity contribution in [1.82, 2.24) is 20.1 Å². The smallest absolute Gasteiger partial charge is 0.220 e. The zero-order chi connectivity index (χ0) is 21.1. The van der Waals surface area contributed by atoms with Crippen LogP contribution in [0.5, 0.6) is 5.88 Å². The molecule has 0 saturated carbocycles. The highest BCUT2D eigenvalue weighted by molar-refractivity contribution is 5.85. The van der Waals surface area contributed by atoms with Gasteiger partial charge in [-0.15, -0.1) is 0 Å². The van der Waals surface area contributed by atoms with E-state index in [1.807, 2.05) is 41.9 Å². The van der Waals surface area contributed by atoms with Gasteiger partial charge in [0.05, 0.1) is 24.6 Å². The van der Waals surface area contributed by atoms with Gasteiger partial charge in [-0.05, 0) is 50.8 Å². The molecule has 1 aliphatic heterocycles. The molecule has 3 heterocycles. The highest BCUT2D eigenvalue weighted by Crippen LogP contribution is 2.31. The van der Waals surface area contributed by atoms with Crippen LogP contribution in [0.25, 0.3) is 16.7 Å². The van der Waals surface area contributed by atoms with Crippen molar-refractivity contribution in [3.05, 3.63) is 47.2 Å². The Morgan fingerprint density at radius 3 is 2.80 bits per heavy atom. The molecule has 1 aliphatic rings. The Hall–Kier alpha value is -2.93. The Balaban J connectivity index is 1.58. The number of benzene rings is 1. The SMILES string of the molecule is COc1nc2c(c(C)nn2-c2ccccc2)c(C)c1CCC(=O)NC[C@@H]1CCCO1. The van der Waals surface area contributed by atoms with Gasteiger partial charge in [0.1, 0.15) is 0 Å². The van der Waals surface area contributed by atoms with Crippen molar-refractivity contribution in [3.8, 4) is 11.6 Å². The number of rotatable bonds is 7. The Morgan fingerprint density at radius 2 is 2.10 bits per heavy atom. The van der Waals surface area contributed by atoms with Gasteiger partial charge in [0.15, 0.2) is 5.65 Å². The molecule has 7 nitrogen and oxygen atoms in total. The van der Waals surface area contributed by atoms with Crippen LogP contribution in [0.1, 0.15) is 36.1 Å².